The molecule has 3 rings (SSSR count). The summed E-state index contributed by atoms with van der Waals surface area (Å²) in [4.78, 5) is 25.0. The second-order valence-corrected chi connectivity index (χ2v) is 10.8. The van der Waals surface area contributed by atoms with Gasteiger partial charge in [0, 0.05) is 24.1 Å². The van der Waals surface area contributed by atoms with Crippen LogP contribution in [0.1, 0.15) is 83.1 Å². The van der Waals surface area contributed by atoms with Crippen LogP contribution in [0, 0.1) is 17.3 Å². The number of nitrogens with one attached hydrogen (secondary N) is 2. The Labute approximate surface area is 169 Å². The quantitative estimate of drug-likeness (QED) is 0.792. The molecule has 1 aromatic rings. The average molecular weight is 385 g/mol. The molecule has 0 bridgehead atoms. The average Bonchev–Trinajstić information content (AvgIpc) is 2.59. The number of benzene rings is 1. The number of piperidine rings is 1. The van der Waals surface area contributed by atoms with E-state index in [1.165, 1.54) is 5.56 Å². The first-order valence-electron chi connectivity index (χ1n) is 10.7. The molecule has 4 nitrogen and oxygen atoms in total. The predicted octanol–water partition coefficient (Wildman–Crippen LogP) is 4.43. The molecular formula is C24H36N2O2. The fourth-order valence-corrected chi connectivity index (χ4v) is 4.93. The second kappa shape index (κ2) is 7.53. The second-order valence-electron chi connectivity index (χ2n) is 10.8. The molecule has 4 unspecified atom stereocenters. The van der Waals surface area contributed by atoms with Crippen molar-refractivity contribution in [2.45, 2.75) is 84.7 Å². The lowest BCUT2D eigenvalue weighted by atomic mass is 9.62. The van der Waals surface area contributed by atoms with Gasteiger partial charge in [-0.1, -0.05) is 53.7 Å². The van der Waals surface area contributed by atoms with Crippen LogP contribution in [0.5, 0.6) is 0 Å². The Hall–Kier alpha value is -1.84. The first-order valence-corrected chi connectivity index (χ1v) is 10.7. The van der Waals surface area contributed by atoms with Crippen LogP contribution >= 0.6 is 0 Å². The van der Waals surface area contributed by atoms with Gasteiger partial charge in [0.2, 0.25) is 5.91 Å². The third-order valence-corrected chi connectivity index (χ3v) is 6.63. The third kappa shape index (κ3) is 4.59. The van der Waals surface area contributed by atoms with E-state index >= 15 is 0 Å². The molecule has 2 N–H and O–H groups in total. The van der Waals surface area contributed by atoms with Gasteiger partial charge in [-0.15, -0.1) is 0 Å². The molecule has 154 valence electrons. The van der Waals surface area contributed by atoms with Crippen LogP contribution in [0.2, 0.25) is 0 Å². The molecule has 0 radical (unpaired) electrons. The molecule has 1 saturated heterocycles. The van der Waals surface area contributed by atoms with Gasteiger partial charge in [-0.3, -0.25) is 9.59 Å². The Morgan fingerprint density at radius 3 is 2.25 bits per heavy atom. The minimum atomic E-state index is -0.0154. The van der Waals surface area contributed by atoms with Crippen molar-refractivity contribution in [3.8, 4) is 0 Å². The van der Waals surface area contributed by atoms with Crippen LogP contribution in [0.4, 0.5) is 0 Å². The molecular weight excluding hydrogens is 348 g/mol. The Kier molecular flexibility index (Phi) is 5.62. The smallest absolute Gasteiger partial charge is 0.251 e. The molecule has 0 aromatic heterocycles. The lowest BCUT2D eigenvalue weighted by molar-refractivity contribution is -0.129. The number of hydrogen-bond acceptors (Lipinski definition) is 2. The van der Waals surface area contributed by atoms with Crippen LogP contribution in [0.25, 0.3) is 0 Å². The van der Waals surface area contributed by atoms with E-state index in [1.54, 1.807) is 0 Å². The van der Waals surface area contributed by atoms with Gasteiger partial charge in [0.15, 0.2) is 0 Å². The highest BCUT2D eigenvalue weighted by Crippen LogP contribution is 2.44. The van der Waals surface area contributed by atoms with E-state index < -0.39 is 0 Å². The van der Waals surface area contributed by atoms with Crippen molar-refractivity contribution < 1.29 is 9.59 Å². The molecule has 1 aliphatic heterocycles. The molecule has 1 saturated carbocycles. The highest BCUT2D eigenvalue weighted by molar-refractivity contribution is 5.94. The van der Waals surface area contributed by atoms with E-state index in [-0.39, 0.29) is 34.7 Å². The molecule has 4 atom stereocenters. The van der Waals surface area contributed by atoms with Gasteiger partial charge in [-0.2, -0.15) is 0 Å². The molecule has 2 fully saturated rings. The minimum absolute atomic E-state index is 0.0154. The maximum absolute atomic E-state index is 12.7. The normalized spacial score (nSPS) is 28.3. The lowest BCUT2D eigenvalue weighted by Gasteiger charge is -2.48. The first-order chi connectivity index (χ1) is 12.9. The third-order valence-electron chi connectivity index (χ3n) is 6.63. The van der Waals surface area contributed by atoms with Crippen molar-refractivity contribution in [2.75, 3.05) is 0 Å². The van der Waals surface area contributed by atoms with Crippen LogP contribution < -0.4 is 10.6 Å². The molecule has 2 amide bonds. The fourth-order valence-electron chi connectivity index (χ4n) is 4.93. The zero-order valence-corrected chi connectivity index (χ0v) is 18.3. The topological polar surface area (TPSA) is 58.2 Å². The van der Waals surface area contributed by atoms with Crippen LogP contribution in [-0.2, 0) is 10.2 Å². The summed E-state index contributed by atoms with van der Waals surface area (Å²) in [5, 5.41) is 6.40. The van der Waals surface area contributed by atoms with Crippen LogP contribution in [0.15, 0.2) is 24.3 Å². The summed E-state index contributed by atoms with van der Waals surface area (Å²) < 4.78 is 0. The summed E-state index contributed by atoms with van der Waals surface area (Å²) >= 11 is 0. The van der Waals surface area contributed by atoms with Crippen molar-refractivity contribution in [1.29, 1.82) is 0 Å². The molecule has 0 spiro atoms. The van der Waals surface area contributed by atoms with Gasteiger partial charge in [0.05, 0.1) is 0 Å². The van der Waals surface area contributed by atoms with Gasteiger partial charge < -0.3 is 10.6 Å². The molecule has 28 heavy (non-hydrogen) atoms. The molecule has 1 aromatic carbocycles. The van der Waals surface area contributed by atoms with E-state index in [4.69, 9.17) is 0 Å². The van der Waals surface area contributed by atoms with Crippen molar-refractivity contribution in [3.63, 3.8) is 0 Å². The van der Waals surface area contributed by atoms with Crippen molar-refractivity contribution in [3.05, 3.63) is 35.4 Å². The van der Waals surface area contributed by atoms with Gasteiger partial charge in [0.1, 0.15) is 0 Å². The number of carbonyl (C=O) groups excluding carboxylic acids is 2. The number of rotatable bonds is 2. The van der Waals surface area contributed by atoms with Crippen LogP contribution in [0.3, 0.4) is 0 Å². The number of hydrogen-bond donors (Lipinski definition) is 2. The monoisotopic (exact) mass is 384 g/mol. The maximum Gasteiger partial charge on any atom is 0.251 e. The summed E-state index contributed by atoms with van der Waals surface area (Å²) in [6, 6.07) is 8.21. The van der Waals surface area contributed by atoms with Crippen molar-refractivity contribution >= 4 is 11.8 Å². The standard InChI is InChI=1S/C24H36N2O2/c1-23(2,3)16-9-7-15(8-10-16)22(28)25-17-11-12-18-19(24(4,5)6)14-21(27)26-20(18)13-17/h7-10,17-20H,11-14H2,1-6H3,(H,25,28)(H,26,27). The minimum Gasteiger partial charge on any atom is -0.353 e. The highest BCUT2D eigenvalue weighted by Gasteiger charge is 2.45. The Morgan fingerprint density at radius 2 is 1.68 bits per heavy atom. The summed E-state index contributed by atoms with van der Waals surface area (Å²) in [6.07, 6.45) is 3.49. The first kappa shape index (κ1) is 20.9. The number of carbonyl (C=O) groups is 2. The molecule has 1 aliphatic carbocycles. The zero-order valence-electron chi connectivity index (χ0n) is 18.3. The predicted molar refractivity (Wildman–Crippen MR) is 113 cm³/mol. The van der Waals surface area contributed by atoms with Gasteiger partial charge in [0.25, 0.3) is 5.91 Å². The highest BCUT2D eigenvalue weighted by atomic mass is 16.2. The number of amides is 2. The zero-order chi connectivity index (χ0) is 20.7. The summed E-state index contributed by atoms with van der Waals surface area (Å²) in [5.74, 6) is 1.06. The summed E-state index contributed by atoms with van der Waals surface area (Å²) in [6.45, 7) is 13.2. The van der Waals surface area contributed by atoms with Gasteiger partial charge in [-0.25, -0.2) is 0 Å². The van der Waals surface area contributed by atoms with Gasteiger partial charge in [-0.05, 0) is 59.6 Å². The molecule has 4 heteroatoms. The van der Waals surface area contributed by atoms with E-state index in [1.807, 2.05) is 24.3 Å². The SMILES string of the molecule is CC(C)(C)c1ccc(C(=O)NC2CCC3C(C2)NC(=O)CC3C(C)(C)C)cc1. The van der Waals surface area contributed by atoms with Crippen molar-refractivity contribution in [2.24, 2.45) is 17.3 Å². The summed E-state index contributed by atoms with van der Waals surface area (Å²) in [7, 11) is 0. The summed E-state index contributed by atoms with van der Waals surface area (Å²) in [5.41, 5.74) is 2.14. The van der Waals surface area contributed by atoms with E-state index in [0.717, 1.165) is 19.3 Å². The van der Waals surface area contributed by atoms with Gasteiger partial charge >= 0.3 is 0 Å². The fraction of sp³-hybridized carbons (Fsp3) is 0.667. The van der Waals surface area contributed by atoms with E-state index in [9.17, 15) is 9.59 Å². The maximum atomic E-state index is 12.7. The molecule has 1 heterocycles. The Balaban J connectivity index is 1.64. The lowest BCUT2D eigenvalue weighted by Crippen LogP contribution is -2.57. The van der Waals surface area contributed by atoms with Crippen LogP contribution in [-0.4, -0.2) is 23.9 Å². The van der Waals surface area contributed by atoms with E-state index in [0.29, 0.717) is 23.8 Å². The van der Waals surface area contributed by atoms with E-state index in [2.05, 4.69) is 52.2 Å². The molecule has 2 aliphatic rings. The van der Waals surface area contributed by atoms with Crippen molar-refractivity contribution in [1.82, 2.24) is 10.6 Å². The Bertz CT molecular complexity index is 724. The largest absolute Gasteiger partial charge is 0.353 e. The Morgan fingerprint density at radius 1 is 1.04 bits per heavy atom. The number of fused-ring (bicyclic) bond motifs is 1.